The molecule has 0 aliphatic heterocycles. The molecule has 1 aromatic carbocycles. The first-order valence-corrected chi connectivity index (χ1v) is 6.95. The number of ether oxygens (including phenoxy) is 1. The van der Waals surface area contributed by atoms with Crippen LogP contribution in [0.15, 0.2) is 34.1 Å². The van der Waals surface area contributed by atoms with Crippen LogP contribution in [0.2, 0.25) is 0 Å². The van der Waals surface area contributed by atoms with E-state index in [1.807, 2.05) is 11.4 Å². The Morgan fingerprint density at radius 3 is 2.76 bits per heavy atom. The van der Waals surface area contributed by atoms with Gasteiger partial charge in [0.1, 0.15) is 16.9 Å². The molecule has 2 aromatic rings. The maximum Gasteiger partial charge on any atom is 0.131 e. The summed E-state index contributed by atoms with van der Waals surface area (Å²) in [6.07, 6.45) is 0. The molecule has 0 amide bonds. The second-order valence-corrected chi connectivity index (χ2v) is 5.59. The predicted molar refractivity (Wildman–Crippen MR) is 72.7 cm³/mol. The van der Waals surface area contributed by atoms with Crippen LogP contribution in [-0.2, 0) is 0 Å². The minimum absolute atomic E-state index is 0.357. The monoisotopic (exact) mass is 334 g/mol. The summed E-state index contributed by atoms with van der Waals surface area (Å²) >= 11 is 11.2. The van der Waals surface area contributed by atoms with E-state index < -0.39 is 5.38 Å². The number of alkyl halides is 1. The van der Waals surface area contributed by atoms with Gasteiger partial charge in [0, 0.05) is 9.35 Å². The first kappa shape index (κ1) is 12.9. The molecule has 0 aliphatic carbocycles. The minimum Gasteiger partial charge on any atom is -0.496 e. The average Bonchev–Trinajstić information content (AvgIpc) is 2.74. The maximum absolute atomic E-state index is 13.8. The quantitative estimate of drug-likeness (QED) is 0.718. The molecule has 0 fully saturated rings. The van der Waals surface area contributed by atoms with Crippen molar-refractivity contribution in [3.05, 3.63) is 50.4 Å². The molecule has 17 heavy (non-hydrogen) atoms. The van der Waals surface area contributed by atoms with E-state index >= 15 is 0 Å². The van der Waals surface area contributed by atoms with Gasteiger partial charge in [-0.3, -0.25) is 0 Å². The molecular weight excluding hydrogens is 327 g/mol. The Labute approximate surface area is 116 Å². The highest BCUT2D eigenvalue weighted by Crippen LogP contribution is 2.42. The van der Waals surface area contributed by atoms with Gasteiger partial charge in [-0.25, -0.2) is 4.39 Å². The summed E-state index contributed by atoms with van der Waals surface area (Å²) in [6.45, 7) is 0. The summed E-state index contributed by atoms with van der Waals surface area (Å²) in [5.41, 5.74) is 0.375. The van der Waals surface area contributed by atoms with Crippen LogP contribution in [-0.4, -0.2) is 7.11 Å². The third-order valence-corrected chi connectivity index (χ3v) is 4.86. The number of rotatable bonds is 3. The Hall–Kier alpha value is -0.580. The Kier molecular flexibility index (Phi) is 4.07. The van der Waals surface area contributed by atoms with Crippen LogP contribution < -0.4 is 4.74 Å². The van der Waals surface area contributed by atoms with Crippen molar-refractivity contribution >= 4 is 38.9 Å². The van der Waals surface area contributed by atoms with Gasteiger partial charge < -0.3 is 4.74 Å². The van der Waals surface area contributed by atoms with Crippen molar-refractivity contribution in [2.24, 2.45) is 0 Å². The lowest BCUT2D eigenvalue weighted by atomic mass is 10.1. The summed E-state index contributed by atoms with van der Waals surface area (Å²) in [7, 11) is 1.51. The van der Waals surface area contributed by atoms with Crippen LogP contribution in [0.3, 0.4) is 0 Å². The van der Waals surface area contributed by atoms with E-state index in [0.29, 0.717) is 11.3 Å². The van der Waals surface area contributed by atoms with Crippen molar-refractivity contribution in [1.82, 2.24) is 0 Å². The Bertz CT molecular complexity index is 529. The van der Waals surface area contributed by atoms with Crippen LogP contribution in [0.1, 0.15) is 15.8 Å². The van der Waals surface area contributed by atoms with Crippen molar-refractivity contribution in [2.75, 3.05) is 7.11 Å². The van der Waals surface area contributed by atoms with Crippen molar-refractivity contribution in [3.8, 4) is 5.75 Å². The van der Waals surface area contributed by atoms with Gasteiger partial charge in [0.15, 0.2) is 0 Å². The highest BCUT2D eigenvalue weighted by atomic mass is 79.9. The van der Waals surface area contributed by atoms with Crippen LogP contribution in [0.4, 0.5) is 4.39 Å². The summed E-state index contributed by atoms with van der Waals surface area (Å²) in [4.78, 5) is 0.870. The number of thiophene rings is 1. The molecule has 0 aliphatic rings. The molecule has 0 saturated heterocycles. The highest BCUT2D eigenvalue weighted by Gasteiger charge is 2.22. The molecule has 2 rings (SSSR count). The van der Waals surface area contributed by atoms with Crippen LogP contribution in [0, 0.1) is 5.82 Å². The fourth-order valence-electron chi connectivity index (χ4n) is 1.56. The number of halogens is 3. The summed E-state index contributed by atoms with van der Waals surface area (Å²) in [5.74, 6) is 0.106. The van der Waals surface area contributed by atoms with Crippen molar-refractivity contribution in [2.45, 2.75) is 5.38 Å². The molecule has 5 heteroatoms. The zero-order valence-electron chi connectivity index (χ0n) is 8.91. The minimum atomic E-state index is -0.555. The molecule has 1 heterocycles. The topological polar surface area (TPSA) is 9.23 Å². The third kappa shape index (κ3) is 2.49. The number of methoxy groups -OCH3 is 1. The summed E-state index contributed by atoms with van der Waals surface area (Å²) < 4.78 is 19.9. The lowest BCUT2D eigenvalue weighted by Gasteiger charge is -2.14. The molecule has 90 valence electrons. The SMILES string of the molecule is COc1cccc(F)c1C(Cl)c1sccc1Br. The van der Waals surface area contributed by atoms with Gasteiger partial charge in [-0.15, -0.1) is 22.9 Å². The van der Waals surface area contributed by atoms with E-state index in [0.717, 1.165) is 9.35 Å². The maximum atomic E-state index is 13.8. The molecular formula is C12H9BrClFOS. The fraction of sp³-hybridized carbons (Fsp3) is 0.167. The second kappa shape index (κ2) is 5.38. The standard InChI is InChI=1S/C12H9BrClFOS/c1-16-9-4-2-3-8(15)10(9)11(14)12-7(13)5-6-17-12/h2-6,11H,1H3. The number of benzene rings is 1. The summed E-state index contributed by atoms with van der Waals surface area (Å²) in [5, 5.41) is 1.35. The third-order valence-electron chi connectivity index (χ3n) is 2.36. The largest absolute Gasteiger partial charge is 0.496 e. The Morgan fingerprint density at radius 1 is 1.41 bits per heavy atom. The molecule has 0 bridgehead atoms. The van der Waals surface area contributed by atoms with Gasteiger partial charge in [0.25, 0.3) is 0 Å². The zero-order chi connectivity index (χ0) is 12.4. The van der Waals surface area contributed by atoms with Crippen LogP contribution in [0.5, 0.6) is 5.75 Å². The van der Waals surface area contributed by atoms with E-state index in [1.54, 1.807) is 12.1 Å². The van der Waals surface area contributed by atoms with Gasteiger partial charge in [-0.1, -0.05) is 6.07 Å². The van der Waals surface area contributed by atoms with Gasteiger partial charge in [-0.05, 0) is 39.5 Å². The Balaban J connectivity index is 2.50. The van der Waals surface area contributed by atoms with Gasteiger partial charge in [-0.2, -0.15) is 0 Å². The van der Waals surface area contributed by atoms with Gasteiger partial charge >= 0.3 is 0 Å². The molecule has 0 N–H and O–H groups in total. The van der Waals surface area contributed by atoms with E-state index in [9.17, 15) is 4.39 Å². The van der Waals surface area contributed by atoms with Crippen LogP contribution >= 0.6 is 38.9 Å². The van der Waals surface area contributed by atoms with E-state index in [4.69, 9.17) is 16.3 Å². The molecule has 0 radical (unpaired) electrons. The predicted octanol–water partition coefficient (Wildman–Crippen LogP) is 4.99. The normalized spacial score (nSPS) is 12.5. The molecule has 0 saturated carbocycles. The molecule has 1 aromatic heterocycles. The van der Waals surface area contributed by atoms with Gasteiger partial charge in [0.05, 0.1) is 12.7 Å². The molecule has 1 nitrogen and oxygen atoms in total. The van der Waals surface area contributed by atoms with Crippen LogP contribution in [0.25, 0.3) is 0 Å². The first-order valence-electron chi connectivity index (χ1n) is 4.84. The smallest absolute Gasteiger partial charge is 0.131 e. The number of hydrogen-bond acceptors (Lipinski definition) is 2. The molecule has 1 unspecified atom stereocenters. The Morgan fingerprint density at radius 2 is 2.18 bits per heavy atom. The van der Waals surface area contributed by atoms with Crippen molar-refractivity contribution in [1.29, 1.82) is 0 Å². The first-order chi connectivity index (χ1) is 8.15. The molecule has 1 atom stereocenters. The summed E-state index contributed by atoms with van der Waals surface area (Å²) in [6, 6.07) is 6.58. The second-order valence-electron chi connectivity index (χ2n) is 3.35. The lowest BCUT2D eigenvalue weighted by Crippen LogP contribution is -1.99. The van der Waals surface area contributed by atoms with E-state index in [2.05, 4.69) is 15.9 Å². The molecule has 0 spiro atoms. The average molecular weight is 336 g/mol. The fourth-order valence-corrected chi connectivity index (χ4v) is 3.76. The lowest BCUT2D eigenvalue weighted by molar-refractivity contribution is 0.405. The van der Waals surface area contributed by atoms with Crippen molar-refractivity contribution < 1.29 is 9.13 Å². The zero-order valence-corrected chi connectivity index (χ0v) is 12.1. The van der Waals surface area contributed by atoms with E-state index in [1.165, 1.54) is 24.5 Å². The number of hydrogen-bond donors (Lipinski definition) is 0. The van der Waals surface area contributed by atoms with Crippen molar-refractivity contribution in [3.63, 3.8) is 0 Å². The highest BCUT2D eigenvalue weighted by molar-refractivity contribution is 9.10. The van der Waals surface area contributed by atoms with E-state index in [-0.39, 0.29) is 5.82 Å². The van der Waals surface area contributed by atoms with Gasteiger partial charge in [0.2, 0.25) is 0 Å².